The van der Waals surface area contributed by atoms with E-state index >= 15 is 0 Å². The molecule has 0 spiro atoms. The summed E-state index contributed by atoms with van der Waals surface area (Å²) in [6.45, 7) is 0. The fourth-order valence-electron chi connectivity index (χ4n) is 1.45. The zero-order valence-corrected chi connectivity index (χ0v) is 8.95. The van der Waals surface area contributed by atoms with Crippen LogP contribution in [0.3, 0.4) is 0 Å². The number of rotatable bonds is 2. The summed E-state index contributed by atoms with van der Waals surface area (Å²) >= 11 is 0. The predicted molar refractivity (Wildman–Crippen MR) is 58.5 cm³/mol. The number of hydrogen-bond acceptors (Lipinski definition) is 6. The summed E-state index contributed by atoms with van der Waals surface area (Å²) in [4.78, 5) is 8.33. The minimum Gasteiger partial charge on any atom is -0.382 e. The Hall–Kier alpha value is -2.64. The second kappa shape index (κ2) is 3.44. The van der Waals surface area contributed by atoms with Crippen molar-refractivity contribution in [3.63, 3.8) is 0 Å². The standard InChI is InChI=1S/C9H9N7O/c1-16-3-2-11-8(16)7-12-9(17-15-7)5-4-6(10)14-13-5/h2-4H,1H3,(H3,10,13,14). The Morgan fingerprint density at radius 2 is 2.35 bits per heavy atom. The maximum absolute atomic E-state index is 5.49. The summed E-state index contributed by atoms with van der Waals surface area (Å²) in [6, 6.07) is 1.62. The lowest BCUT2D eigenvalue weighted by atomic mass is 10.4. The van der Waals surface area contributed by atoms with E-state index in [1.165, 1.54) is 0 Å². The number of nitrogens with two attached hydrogens (primary N) is 1. The van der Waals surface area contributed by atoms with Crippen LogP contribution in [0.15, 0.2) is 23.0 Å². The van der Waals surface area contributed by atoms with Crippen molar-refractivity contribution >= 4 is 5.82 Å². The largest absolute Gasteiger partial charge is 0.382 e. The van der Waals surface area contributed by atoms with Gasteiger partial charge in [0.05, 0.1) is 0 Å². The molecule has 0 saturated carbocycles. The van der Waals surface area contributed by atoms with Gasteiger partial charge in [0, 0.05) is 25.5 Å². The van der Waals surface area contributed by atoms with E-state index < -0.39 is 0 Å². The number of H-pyrrole nitrogens is 1. The number of aromatic amines is 1. The average molecular weight is 231 g/mol. The molecule has 0 aliphatic carbocycles. The summed E-state index contributed by atoms with van der Waals surface area (Å²) in [5.74, 6) is 1.75. The van der Waals surface area contributed by atoms with E-state index in [1.807, 2.05) is 7.05 Å². The quantitative estimate of drug-likeness (QED) is 0.662. The first kappa shape index (κ1) is 9.58. The van der Waals surface area contributed by atoms with Gasteiger partial charge in [-0.1, -0.05) is 5.16 Å². The summed E-state index contributed by atoms with van der Waals surface area (Å²) in [5, 5.41) is 10.3. The van der Waals surface area contributed by atoms with Crippen molar-refractivity contribution in [1.82, 2.24) is 29.9 Å². The molecule has 0 aliphatic rings. The monoisotopic (exact) mass is 231 g/mol. The van der Waals surface area contributed by atoms with Crippen molar-refractivity contribution in [2.24, 2.45) is 7.05 Å². The number of imidazole rings is 1. The van der Waals surface area contributed by atoms with Gasteiger partial charge in [0.2, 0.25) is 5.82 Å². The van der Waals surface area contributed by atoms with Crippen LogP contribution in [0.2, 0.25) is 0 Å². The molecule has 3 N–H and O–H groups in total. The lowest BCUT2D eigenvalue weighted by Gasteiger charge is -1.92. The Morgan fingerprint density at radius 1 is 1.47 bits per heavy atom. The molecular weight excluding hydrogens is 222 g/mol. The summed E-state index contributed by atoms with van der Waals surface area (Å²) in [6.07, 6.45) is 3.47. The highest BCUT2D eigenvalue weighted by Crippen LogP contribution is 2.20. The molecule has 0 aliphatic heterocycles. The minimum atomic E-state index is 0.326. The molecule has 3 aromatic heterocycles. The Kier molecular flexibility index (Phi) is 1.94. The first-order chi connectivity index (χ1) is 8.24. The third-order valence-corrected chi connectivity index (χ3v) is 2.28. The van der Waals surface area contributed by atoms with Crippen molar-refractivity contribution in [3.8, 4) is 23.2 Å². The second-order valence-electron chi connectivity index (χ2n) is 3.49. The van der Waals surface area contributed by atoms with E-state index in [4.69, 9.17) is 10.3 Å². The van der Waals surface area contributed by atoms with Crippen LogP contribution in [0, 0.1) is 0 Å². The van der Waals surface area contributed by atoms with E-state index in [0.29, 0.717) is 29.1 Å². The number of anilines is 1. The smallest absolute Gasteiger partial charge is 0.276 e. The molecule has 0 fully saturated rings. The number of aryl methyl sites for hydroxylation is 1. The Labute approximate surface area is 95.5 Å². The van der Waals surface area contributed by atoms with Crippen LogP contribution in [0.1, 0.15) is 0 Å². The van der Waals surface area contributed by atoms with Gasteiger partial charge >= 0.3 is 0 Å². The average Bonchev–Trinajstić information content (AvgIpc) is 2.97. The minimum absolute atomic E-state index is 0.326. The number of aromatic nitrogens is 6. The van der Waals surface area contributed by atoms with Gasteiger partial charge < -0.3 is 14.8 Å². The van der Waals surface area contributed by atoms with Gasteiger partial charge in [-0.3, -0.25) is 5.10 Å². The van der Waals surface area contributed by atoms with E-state index in [2.05, 4.69) is 25.3 Å². The lowest BCUT2D eigenvalue weighted by Crippen LogP contribution is -1.92. The van der Waals surface area contributed by atoms with E-state index in [0.717, 1.165) is 0 Å². The molecule has 3 aromatic rings. The van der Waals surface area contributed by atoms with Gasteiger partial charge in [0.15, 0.2) is 5.82 Å². The Morgan fingerprint density at radius 3 is 3.00 bits per heavy atom. The maximum atomic E-state index is 5.49. The van der Waals surface area contributed by atoms with E-state index in [9.17, 15) is 0 Å². The summed E-state index contributed by atoms with van der Waals surface area (Å²) in [5.41, 5.74) is 6.07. The van der Waals surface area contributed by atoms with E-state index in [-0.39, 0.29) is 0 Å². The number of nitrogens with one attached hydrogen (secondary N) is 1. The van der Waals surface area contributed by atoms with Gasteiger partial charge in [-0.05, 0) is 0 Å². The number of hydrogen-bond donors (Lipinski definition) is 2. The lowest BCUT2D eigenvalue weighted by molar-refractivity contribution is 0.430. The molecule has 0 atom stereocenters. The molecule has 0 unspecified atom stereocenters. The van der Waals surface area contributed by atoms with Gasteiger partial charge in [-0.15, -0.1) is 0 Å². The van der Waals surface area contributed by atoms with Crippen molar-refractivity contribution in [2.75, 3.05) is 5.73 Å². The molecule has 17 heavy (non-hydrogen) atoms. The van der Waals surface area contributed by atoms with E-state index in [1.54, 1.807) is 23.0 Å². The number of nitrogen functional groups attached to an aromatic ring is 1. The highest BCUT2D eigenvalue weighted by Gasteiger charge is 2.14. The Balaban J connectivity index is 2.01. The van der Waals surface area contributed by atoms with Crippen molar-refractivity contribution < 1.29 is 4.52 Å². The molecule has 86 valence electrons. The highest BCUT2D eigenvalue weighted by molar-refractivity contribution is 5.55. The van der Waals surface area contributed by atoms with Crippen molar-refractivity contribution in [3.05, 3.63) is 18.5 Å². The molecule has 0 radical (unpaired) electrons. The molecule has 8 heteroatoms. The Bertz CT molecular complexity index is 650. The van der Waals surface area contributed by atoms with Crippen LogP contribution in [0.5, 0.6) is 0 Å². The summed E-state index contributed by atoms with van der Waals surface area (Å²) in [7, 11) is 1.85. The third kappa shape index (κ3) is 1.55. The molecule has 8 nitrogen and oxygen atoms in total. The van der Waals surface area contributed by atoms with Crippen molar-refractivity contribution in [2.45, 2.75) is 0 Å². The fraction of sp³-hybridized carbons (Fsp3) is 0.111. The third-order valence-electron chi connectivity index (χ3n) is 2.28. The first-order valence-corrected chi connectivity index (χ1v) is 4.86. The molecule has 0 aromatic carbocycles. The van der Waals surface area contributed by atoms with Gasteiger partial charge in [-0.25, -0.2) is 4.98 Å². The fourth-order valence-corrected chi connectivity index (χ4v) is 1.45. The SMILES string of the molecule is Cn1ccnc1-c1noc(-c2cc(N)n[nH]2)n1. The van der Waals surface area contributed by atoms with Gasteiger partial charge in [0.25, 0.3) is 5.89 Å². The van der Waals surface area contributed by atoms with Crippen molar-refractivity contribution in [1.29, 1.82) is 0 Å². The van der Waals surface area contributed by atoms with Crippen LogP contribution < -0.4 is 5.73 Å². The normalized spacial score (nSPS) is 10.9. The van der Waals surface area contributed by atoms with Gasteiger partial charge in [-0.2, -0.15) is 10.1 Å². The number of nitrogens with zero attached hydrogens (tertiary/aromatic N) is 5. The molecule has 0 bridgehead atoms. The van der Waals surface area contributed by atoms with Crippen LogP contribution in [-0.2, 0) is 7.05 Å². The highest BCUT2D eigenvalue weighted by atomic mass is 16.5. The molecular formula is C9H9N7O. The second-order valence-corrected chi connectivity index (χ2v) is 3.49. The molecule has 3 heterocycles. The topological polar surface area (TPSA) is 111 Å². The summed E-state index contributed by atoms with van der Waals surface area (Å²) < 4.78 is 6.90. The zero-order chi connectivity index (χ0) is 11.8. The first-order valence-electron chi connectivity index (χ1n) is 4.86. The van der Waals surface area contributed by atoms with Gasteiger partial charge in [0.1, 0.15) is 11.5 Å². The van der Waals surface area contributed by atoms with Crippen LogP contribution in [0.25, 0.3) is 23.2 Å². The van der Waals surface area contributed by atoms with Crippen LogP contribution in [0.4, 0.5) is 5.82 Å². The predicted octanol–water partition coefficient (Wildman–Crippen LogP) is 0.442. The van der Waals surface area contributed by atoms with Crippen LogP contribution in [-0.4, -0.2) is 29.9 Å². The van der Waals surface area contributed by atoms with Crippen LogP contribution >= 0.6 is 0 Å². The molecule has 0 saturated heterocycles. The maximum Gasteiger partial charge on any atom is 0.276 e. The zero-order valence-electron chi connectivity index (χ0n) is 8.95. The molecule has 3 rings (SSSR count). The molecule has 0 amide bonds.